The minimum Gasteiger partial charge on any atom is -0.361 e. The van der Waals surface area contributed by atoms with Crippen LogP contribution in [-0.2, 0) is 13.1 Å². The molecular weight excluding hydrogens is 268 g/mol. The van der Waals surface area contributed by atoms with Crippen molar-refractivity contribution in [3.05, 3.63) is 24.0 Å². The van der Waals surface area contributed by atoms with Gasteiger partial charge in [0.1, 0.15) is 12.0 Å². The van der Waals surface area contributed by atoms with Crippen LogP contribution in [0.25, 0.3) is 11.2 Å². The number of aromatic nitrogens is 7. The second-order valence-electron chi connectivity index (χ2n) is 5.06. The maximum absolute atomic E-state index is 4.47. The van der Waals surface area contributed by atoms with Crippen molar-refractivity contribution in [1.29, 1.82) is 0 Å². The quantitative estimate of drug-likeness (QED) is 0.708. The van der Waals surface area contributed by atoms with E-state index in [1.165, 1.54) is 0 Å². The van der Waals surface area contributed by atoms with E-state index >= 15 is 0 Å². The second-order valence-corrected chi connectivity index (χ2v) is 5.06. The number of hydrogen-bond donors (Lipinski definition) is 0. The number of aryl methyl sites for hydroxylation is 2. The van der Waals surface area contributed by atoms with Gasteiger partial charge in [-0.25, -0.2) is 15.0 Å². The van der Waals surface area contributed by atoms with E-state index in [4.69, 9.17) is 0 Å². The largest absolute Gasteiger partial charge is 0.361 e. The van der Waals surface area contributed by atoms with E-state index in [0.29, 0.717) is 6.54 Å². The lowest BCUT2D eigenvalue weighted by Crippen LogP contribution is -2.11. The van der Waals surface area contributed by atoms with Crippen LogP contribution in [0.15, 0.2) is 12.7 Å². The maximum Gasteiger partial charge on any atom is 0.165 e. The molecule has 0 saturated heterocycles. The topological polar surface area (TPSA) is 77.5 Å². The SMILES string of the molecule is CCn1nc(C)c(Cn2cnc3c(N(C)C)ncnc32)n1. The summed E-state index contributed by atoms with van der Waals surface area (Å²) in [5, 5.41) is 8.84. The molecule has 0 aliphatic rings. The minimum atomic E-state index is 0.603. The predicted octanol–water partition coefficient (Wildman–Crippen LogP) is 0.860. The lowest BCUT2D eigenvalue weighted by Gasteiger charge is -2.10. The number of anilines is 1. The lowest BCUT2D eigenvalue weighted by molar-refractivity contribution is 0.559. The van der Waals surface area contributed by atoms with E-state index in [-0.39, 0.29) is 0 Å². The summed E-state index contributed by atoms with van der Waals surface area (Å²) in [6.45, 7) is 5.35. The second kappa shape index (κ2) is 5.12. The molecule has 8 heteroatoms. The molecule has 0 aromatic carbocycles. The number of rotatable bonds is 4. The van der Waals surface area contributed by atoms with Crippen LogP contribution in [0.3, 0.4) is 0 Å². The molecule has 0 amide bonds. The van der Waals surface area contributed by atoms with Crippen molar-refractivity contribution in [2.45, 2.75) is 26.9 Å². The van der Waals surface area contributed by atoms with Gasteiger partial charge in [0.05, 0.1) is 25.1 Å². The highest BCUT2D eigenvalue weighted by Crippen LogP contribution is 2.20. The first-order valence-electron chi connectivity index (χ1n) is 6.84. The van der Waals surface area contributed by atoms with Crippen molar-refractivity contribution in [2.24, 2.45) is 0 Å². The predicted molar refractivity (Wildman–Crippen MR) is 79.2 cm³/mol. The molecule has 0 N–H and O–H groups in total. The monoisotopic (exact) mass is 286 g/mol. The Balaban J connectivity index is 2.01. The summed E-state index contributed by atoms with van der Waals surface area (Å²) in [6.07, 6.45) is 3.34. The van der Waals surface area contributed by atoms with E-state index in [1.54, 1.807) is 17.5 Å². The summed E-state index contributed by atoms with van der Waals surface area (Å²) in [4.78, 5) is 16.7. The Morgan fingerprint density at radius 1 is 1.14 bits per heavy atom. The van der Waals surface area contributed by atoms with Crippen molar-refractivity contribution < 1.29 is 0 Å². The zero-order valence-electron chi connectivity index (χ0n) is 12.6. The Morgan fingerprint density at radius 2 is 1.95 bits per heavy atom. The molecular formula is C13H18N8. The minimum absolute atomic E-state index is 0.603. The number of imidazole rings is 1. The van der Waals surface area contributed by atoms with E-state index in [0.717, 1.165) is 34.9 Å². The first-order chi connectivity index (χ1) is 10.1. The smallest absolute Gasteiger partial charge is 0.165 e. The van der Waals surface area contributed by atoms with E-state index < -0.39 is 0 Å². The molecule has 0 saturated carbocycles. The van der Waals surface area contributed by atoms with Gasteiger partial charge in [-0.1, -0.05) is 0 Å². The van der Waals surface area contributed by atoms with Crippen LogP contribution in [0.2, 0.25) is 0 Å². The highest BCUT2D eigenvalue weighted by molar-refractivity contribution is 5.83. The first-order valence-corrected chi connectivity index (χ1v) is 6.84. The first kappa shape index (κ1) is 13.5. The van der Waals surface area contributed by atoms with Gasteiger partial charge in [0.25, 0.3) is 0 Å². The lowest BCUT2D eigenvalue weighted by atomic mass is 10.3. The summed E-state index contributed by atoms with van der Waals surface area (Å²) >= 11 is 0. The normalized spacial score (nSPS) is 11.2. The molecule has 3 rings (SSSR count). The Kier molecular flexibility index (Phi) is 3.28. The molecule has 0 aliphatic carbocycles. The third-order valence-corrected chi connectivity index (χ3v) is 3.33. The third kappa shape index (κ3) is 2.32. The molecule has 0 fully saturated rings. The molecule has 3 aromatic rings. The van der Waals surface area contributed by atoms with Crippen LogP contribution in [0.5, 0.6) is 0 Å². The highest BCUT2D eigenvalue weighted by Gasteiger charge is 2.14. The van der Waals surface area contributed by atoms with Crippen LogP contribution >= 0.6 is 0 Å². The number of hydrogen-bond acceptors (Lipinski definition) is 6. The van der Waals surface area contributed by atoms with Crippen LogP contribution in [-0.4, -0.2) is 48.6 Å². The van der Waals surface area contributed by atoms with Crippen LogP contribution in [0, 0.1) is 6.92 Å². The summed E-state index contributed by atoms with van der Waals surface area (Å²) in [5.74, 6) is 0.813. The summed E-state index contributed by atoms with van der Waals surface area (Å²) in [5.41, 5.74) is 3.46. The maximum atomic E-state index is 4.47. The standard InChI is InChI=1S/C13H18N8/c1-5-21-17-9(2)10(18-21)6-20-8-16-11-12(19(3)4)14-7-15-13(11)20/h7-8H,5-6H2,1-4H3. The Labute approximate surface area is 122 Å². The zero-order valence-corrected chi connectivity index (χ0v) is 12.6. The van der Waals surface area contributed by atoms with Crippen molar-refractivity contribution >= 4 is 17.0 Å². The highest BCUT2D eigenvalue weighted by atomic mass is 15.5. The fraction of sp³-hybridized carbons (Fsp3) is 0.462. The van der Waals surface area contributed by atoms with Gasteiger partial charge in [0.15, 0.2) is 17.0 Å². The molecule has 0 spiro atoms. The van der Waals surface area contributed by atoms with Gasteiger partial charge in [0.2, 0.25) is 0 Å². The summed E-state index contributed by atoms with van der Waals surface area (Å²) in [7, 11) is 3.88. The van der Waals surface area contributed by atoms with Gasteiger partial charge in [-0.15, -0.1) is 0 Å². The Hall–Kier alpha value is -2.51. The Bertz CT molecular complexity index is 770. The fourth-order valence-corrected chi connectivity index (χ4v) is 2.23. The average molecular weight is 286 g/mol. The van der Waals surface area contributed by atoms with E-state index in [1.807, 2.05) is 37.4 Å². The zero-order chi connectivity index (χ0) is 15.0. The van der Waals surface area contributed by atoms with Gasteiger partial charge < -0.3 is 9.47 Å². The van der Waals surface area contributed by atoms with Gasteiger partial charge >= 0.3 is 0 Å². The van der Waals surface area contributed by atoms with Crippen LogP contribution in [0.1, 0.15) is 18.3 Å². The molecule has 0 radical (unpaired) electrons. The molecule has 8 nitrogen and oxygen atoms in total. The van der Waals surface area contributed by atoms with Crippen molar-refractivity contribution in [2.75, 3.05) is 19.0 Å². The van der Waals surface area contributed by atoms with Crippen LogP contribution in [0.4, 0.5) is 5.82 Å². The van der Waals surface area contributed by atoms with E-state index in [9.17, 15) is 0 Å². The number of nitrogens with zero attached hydrogens (tertiary/aromatic N) is 8. The molecule has 3 aromatic heterocycles. The van der Waals surface area contributed by atoms with Crippen molar-refractivity contribution in [3.63, 3.8) is 0 Å². The molecule has 0 bridgehead atoms. The molecule has 0 atom stereocenters. The fourth-order valence-electron chi connectivity index (χ4n) is 2.23. The summed E-state index contributed by atoms with van der Waals surface area (Å²) < 4.78 is 1.97. The third-order valence-electron chi connectivity index (χ3n) is 3.33. The average Bonchev–Trinajstić information content (AvgIpc) is 3.03. The molecule has 3 heterocycles. The number of fused-ring (bicyclic) bond motifs is 1. The van der Waals surface area contributed by atoms with Gasteiger partial charge in [-0.2, -0.15) is 15.0 Å². The van der Waals surface area contributed by atoms with Crippen molar-refractivity contribution in [1.82, 2.24) is 34.5 Å². The van der Waals surface area contributed by atoms with E-state index in [2.05, 4.69) is 25.1 Å². The molecule has 21 heavy (non-hydrogen) atoms. The van der Waals surface area contributed by atoms with Gasteiger partial charge in [0, 0.05) is 14.1 Å². The molecule has 0 aliphatic heterocycles. The van der Waals surface area contributed by atoms with Crippen LogP contribution < -0.4 is 4.90 Å². The summed E-state index contributed by atoms with van der Waals surface area (Å²) in [6, 6.07) is 0. The van der Waals surface area contributed by atoms with Gasteiger partial charge in [-0.3, -0.25) is 0 Å². The molecule has 110 valence electrons. The Morgan fingerprint density at radius 3 is 2.62 bits per heavy atom. The van der Waals surface area contributed by atoms with Gasteiger partial charge in [-0.05, 0) is 13.8 Å². The molecule has 0 unspecified atom stereocenters. The van der Waals surface area contributed by atoms with Crippen molar-refractivity contribution in [3.8, 4) is 0 Å².